The van der Waals surface area contributed by atoms with Gasteiger partial charge in [0.15, 0.2) is 0 Å². The van der Waals surface area contributed by atoms with Crippen LogP contribution >= 0.6 is 0 Å². The third-order valence-electron chi connectivity index (χ3n) is 3.08. The highest BCUT2D eigenvalue weighted by atomic mass is 19.4. The van der Waals surface area contributed by atoms with Crippen molar-refractivity contribution < 1.29 is 53.8 Å². The van der Waals surface area contributed by atoms with E-state index in [-0.39, 0.29) is 11.5 Å². The summed E-state index contributed by atoms with van der Waals surface area (Å²) in [6.45, 7) is 0. The fourth-order valence-corrected chi connectivity index (χ4v) is 1.63. The van der Waals surface area contributed by atoms with E-state index >= 15 is 0 Å². The topological polar surface area (TPSA) is 47.6 Å². The highest BCUT2D eigenvalue weighted by Crippen LogP contribution is 2.53. The molecule has 0 saturated carbocycles. The standard InChI is InChI=1S/C13H10F9NO3/c1-25-6-3-4-8(26-2)7(5-6)23-9(24)10(14,15)11(16,17)12(18,19)13(20,21)22/h3-5H,1-2H3,(H,23,24). The average molecular weight is 399 g/mol. The summed E-state index contributed by atoms with van der Waals surface area (Å²) in [5.74, 6) is -24.2. The van der Waals surface area contributed by atoms with Crippen LogP contribution in [0.3, 0.4) is 0 Å². The van der Waals surface area contributed by atoms with E-state index < -0.39 is 35.5 Å². The molecule has 0 unspecified atom stereocenters. The maximum atomic E-state index is 13.5. The lowest BCUT2D eigenvalue weighted by Crippen LogP contribution is -2.64. The first-order valence-corrected chi connectivity index (χ1v) is 6.37. The first kappa shape index (κ1) is 21.7. The van der Waals surface area contributed by atoms with Crippen molar-refractivity contribution in [1.29, 1.82) is 0 Å². The largest absolute Gasteiger partial charge is 0.497 e. The number of nitrogens with one attached hydrogen (secondary N) is 1. The quantitative estimate of drug-likeness (QED) is 0.733. The van der Waals surface area contributed by atoms with Crippen LogP contribution < -0.4 is 14.8 Å². The van der Waals surface area contributed by atoms with E-state index in [2.05, 4.69) is 9.47 Å². The van der Waals surface area contributed by atoms with Crippen molar-refractivity contribution in [2.45, 2.75) is 23.9 Å². The van der Waals surface area contributed by atoms with Crippen LogP contribution in [-0.4, -0.2) is 44.1 Å². The molecule has 4 nitrogen and oxygen atoms in total. The molecule has 0 radical (unpaired) electrons. The van der Waals surface area contributed by atoms with Crippen LogP contribution in [0.25, 0.3) is 0 Å². The third-order valence-corrected chi connectivity index (χ3v) is 3.08. The SMILES string of the molecule is COc1ccc(OC)c(NC(=O)C(F)(F)C(F)(F)C(F)(F)C(F)(F)F)c1. The normalized spacial score (nSPS) is 13.3. The number of amides is 1. The van der Waals surface area contributed by atoms with Gasteiger partial charge in [-0.05, 0) is 12.1 Å². The number of alkyl halides is 9. The van der Waals surface area contributed by atoms with Gasteiger partial charge in [0.2, 0.25) is 0 Å². The zero-order chi connectivity index (χ0) is 20.6. The Hall–Kier alpha value is -2.34. The second-order valence-corrected chi connectivity index (χ2v) is 4.74. The van der Waals surface area contributed by atoms with E-state index in [1.807, 2.05) is 0 Å². The molecule has 148 valence electrons. The lowest BCUT2D eigenvalue weighted by atomic mass is 10.0. The summed E-state index contributed by atoms with van der Waals surface area (Å²) in [5.41, 5.74) is -0.720. The van der Waals surface area contributed by atoms with Crippen LogP contribution in [-0.2, 0) is 4.79 Å². The first-order chi connectivity index (χ1) is 11.6. The summed E-state index contributed by atoms with van der Waals surface area (Å²) in [5, 5.41) is 1.13. The minimum Gasteiger partial charge on any atom is -0.497 e. The molecule has 0 bridgehead atoms. The molecule has 1 rings (SSSR count). The van der Waals surface area contributed by atoms with E-state index in [0.717, 1.165) is 31.7 Å². The minimum atomic E-state index is -7.17. The van der Waals surface area contributed by atoms with Gasteiger partial charge < -0.3 is 14.8 Å². The van der Waals surface area contributed by atoms with Gasteiger partial charge in [-0.15, -0.1) is 0 Å². The zero-order valence-electron chi connectivity index (χ0n) is 12.9. The predicted octanol–water partition coefficient (Wildman–Crippen LogP) is 4.11. The van der Waals surface area contributed by atoms with Gasteiger partial charge in [0.25, 0.3) is 0 Å². The van der Waals surface area contributed by atoms with Gasteiger partial charge in [-0.25, -0.2) is 0 Å². The summed E-state index contributed by atoms with van der Waals surface area (Å²) in [6, 6.07) is 3.04. The average Bonchev–Trinajstić information content (AvgIpc) is 2.53. The zero-order valence-corrected chi connectivity index (χ0v) is 12.9. The number of hydrogen-bond donors (Lipinski definition) is 1. The fraction of sp³-hybridized carbons (Fsp3) is 0.462. The van der Waals surface area contributed by atoms with Crippen LogP contribution in [0, 0.1) is 0 Å². The number of benzene rings is 1. The molecular formula is C13H10F9NO3. The van der Waals surface area contributed by atoms with Gasteiger partial charge in [0.1, 0.15) is 11.5 Å². The number of ether oxygens (including phenoxy) is 2. The van der Waals surface area contributed by atoms with Gasteiger partial charge >= 0.3 is 29.9 Å². The smallest absolute Gasteiger partial charge is 0.460 e. The van der Waals surface area contributed by atoms with Crippen molar-refractivity contribution in [1.82, 2.24) is 0 Å². The van der Waals surface area contributed by atoms with E-state index in [0.29, 0.717) is 0 Å². The number of halogens is 9. The lowest BCUT2D eigenvalue weighted by Gasteiger charge is -2.32. The summed E-state index contributed by atoms with van der Waals surface area (Å²) >= 11 is 0. The van der Waals surface area contributed by atoms with Crippen LogP contribution in [0.2, 0.25) is 0 Å². The Morgan fingerprint density at radius 3 is 1.85 bits per heavy atom. The van der Waals surface area contributed by atoms with Crippen LogP contribution in [0.5, 0.6) is 11.5 Å². The molecular weight excluding hydrogens is 389 g/mol. The molecule has 0 fully saturated rings. The van der Waals surface area contributed by atoms with E-state index in [1.165, 1.54) is 6.07 Å². The van der Waals surface area contributed by atoms with E-state index in [1.54, 1.807) is 0 Å². The molecule has 0 atom stereocenters. The van der Waals surface area contributed by atoms with E-state index in [4.69, 9.17) is 0 Å². The third kappa shape index (κ3) is 3.46. The molecule has 13 heteroatoms. The number of anilines is 1. The first-order valence-electron chi connectivity index (χ1n) is 6.37. The van der Waals surface area contributed by atoms with Crippen LogP contribution in [0.15, 0.2) is 18.2 Å². The Balaban J connectivity index is 3.27. The predicted molar refractivity (Wildman–Crippen MR) is 69.1 cm³/mol. The Morgan fingerprint density at radius 1 is 0.885 bits per heavy atom. The summed E-state index contributed by atoms with van der Waals surface area (Å²) in [6.07, 6.45) is -7.02. The Morgan fingerprint density at radius 2 is 1.42 bits per heavy atom. The van der Waals surface area contributed by atoms with E-state index in [9.17, 15) is 44.3 Å². The second kappa shape index (κ2) is 6.76. The Kier molecular flexibility index (Phi) is 5.64. The second-order valence-electron chi connectivity index (χ2n) is 4.74. The van der Waals surface area contributed by atoms with Gasteiger partial charge in [0, 0.05) is 6.07 Å². The van der Waals surface area contributed by atoms with Crippen molar-refractivity contribution >= 4 is 11.6 Å². The molecule has 0 spiro atoms. The molecule has 0 aliphatic heterocycles. The molecule has 0 saturated heterocycles. The Bertz CT molecular complexity index is 673. The Labute approximate surface area is 139 Å². The molecule has 26 heavy (non-hydrogen) atoms. The fourth-order valence-electron chi connectivity index (χ4n) is 1.63. The number of rotatable bonds is 6. The van der Waals surface area contributed by atoms with Crippen LogP contribution in [0.4, 0.5) is 45.2 Å². The monoisotopic (exact) mass is 399 g/mol. The highest BCUT2D eigenvalue weighted by molar-refractivity contribution is 5.98. The molecule has 0 aliphatic rings. The molecule has 1 amide bonds. The van der Waals surface area contributed by atoms with Crippen molar-refractivity contribution in [2.24, 2.45) is 0 Å². The lowest BCUT2D eigenvalue weighted by molar-refractivity contribution is -0.388. The minimum absolute atomic E-state index is 0.0863. The number of carbonyl (C=O) groups excluding carboxylic acids is 1. The molecule has 0 aromatic heterocycles. The van der Waals surface area contributed by atoms with Crippen molar-refractivity contribution in [3.8, 4) is 11.5 Å². The number of hydrogen-bond acceptors (Lipinski definition) is 3. The highest BCUT2D eigenvalue weighted by Gasteiger charge is 2.83. The number of methoxy groups -OCH3 is 2. The van der Waals surface area contributed by atoms with Gasteiger partial charge in [0.05, 0.1) is 19.9 Å². The molecule has 1 N–H and O–H groups in total. The molecule has 1 aromatic rings. The van der Waals surface area contributed by atoms with Gasteiger partial charge in [-0.2, -0.15) is 39.5 Å². The van der Waals surface area contributed by atoms with Crippen LogP contribution in [0.1, 0.15) is 0 Å². The maximum absolute atomic E-state index is 13.5. The summed E-state index contributed by atoms with van der Waals surface area (Å²) in [7, 11) is 2.10. The van der Waals surface area contributed by atoms with Gasteiger partial charge in [-0.3, -0.25) is 4.79 Å². The molecule has 1 aromatic carbocycles. The maximum Gasteiger partial charge on any atom is 0.460 e. The van der Waals surface area contributed by atoms with Crippen molar-refractivity contribution in [3.05, 3.63) is 18.2 Å². The summed E-state index contributed by atoms with van der Waals surface area (Å²) in [4.78, 5) is 11.4. The summed E-state index contributed by atoms with van der Waals surface area (Å²) < 4.78 is 124. The molecule has 0 heterocycles. The number of carbonyl (C=O) groups is 1. The van der Waals surface area contributed by atoms with Crippen molar-refractivity contribution in [2.75, 3.05) is 19.5 Å². The van der Waals surface area contributed by atoms with Crippen molar-refractivity contribution in [3.63, 3.8) is 0 Å². The van der Waals surface area contributed by atoms with Gasteiger partial charge in [-0.1, -0.05) is 0 Å². The molecule has 0 aliphatic carbocycles.